The van der Waals surface area contributed by atoms with Gasteiger partial charge < -0.3 is 19.3 Å². The molecule has 0 aliphatic carbocycles. The molecule has 1 aliphatic heterocycles. The Hall–Kier alpha value is -4.35. The minimum Gasteiger partial charge on any atom is -0.507 e. The highest BCUT2D eigenvalue weighted by Gasteiger charge is 2.48. The molecule has 1 unspecified atom stereocenters. The molecule has 3 aromatic carbocycles. The maximum atomic E-state index is 13.5. The number of methoxy groups -OCH3 is 3. The van der Waals surface area contributed by atoms with E-state index in [0.717, 1.165) is 5.56 Å². The Labute approximate surface area is 245 Å². The highest BCUT2D eigenvalue weighted by atomic mass is 32.2. The number of anilines is 1. The summed E-state index contributed by atoms with van der Waals surface area (Å²) in [5, 5.41) is 20.2. The molecule has 4 aromatic rings. The monoisotopic (exact) mass is 589 g/mol. The molecule has 1 atom stereocenters. The summed E-state index contributed by atoms with van der Waals surface area (Å²) in [6, 6.07) is 18.9. The fourth-order valence-electron chi connectivity index (χ4n) is 4.46. The summed E-state index contributed by atoms with van der Waals surface area (Å²) in [5.41, 5.74) is 3.12. The van der Waals surface area contributed by atoms with E-state index in [0.29, 0.717) is 38.5 Å². The molecule has 1 amide bonds. The van der Waals surface area contributed by atoms with Crippen LogP contribution in [0.2, 0.25) is 0 Å². The number of amides is 1. The van der Waals surface area contributed by atoms with Gasteiger partial charge in [-0.25, -0.2) is 0 Å². The minimum absolute atomic E-state index is 0.0727. The van der Waals surface area contributed by atoms with Crippen LogP contribution in [0.4, 0.5) is 5.13 Å². The first-order valence-electron chi connectivity index (χ1n) is 12.5. The number of aromatic nitrogens is 2. The molecule has 1 N–H and O–H groups in total. The second-order valence-corrected chi connectivity index (χ2v) is 11.3. The van der Waals surface area contributed by atoms with Crippen molar-refractivity contribution in [1.82, 2.24) is 10.2 Å². The third-order valence-corrected chi connectivity index (χ3v) is 8.74. The van der Waals surface area contributed by atoms with Gasteiger partial charge in [-0.05, 0) is 54.4 Å². The lowest BCUT2D eigenvalue weighted by Gasteiger charge is -2.23. The van der Waals surface area contributed by atoms with Crippen molar-refractivity contribution in [3.63, 3.8) is 0 Å². The van der Waals surface area contributed by atoms with Gasteiger partial charge in [-0.3, -0.25) is 14.5 Å². The normalized spacial score (nSPS) is 16.2. The van der Waals surface area contributed by atoms with Crippen LogP contribution in [0.3, 0.4) is 0 Å². The van der Waals surface area contributed by atoms with Gasteiger partial charge in [-0.1, -0.05) is 59.0 Å². The summed E-state index contributed by atoms with van der Waals surface area (Å²) >= 11 is 2.69. The van der Waals surface area contributed by atoms with Crippen molar-refractivity contribution < 1.29 is 28.9 Å². The van der Waals surface area contributed by atoms with Crippen LogP contribution in [-0.2, 0) is 15.3 Å². The molecule has 0 spiro atoms. The van der Waals surface area contributed by atoms with Gasteiger partial charge in [0.15, 0.2) is 15.8 Å². The molecule has 0 radical (unpaired) electrons. The van der Waals surface area contributed by atoms with Crippen LogP contribution in [-0.4, -0.2) is 48.3 Å². The van der Waals surface area contributed by atoms with E-state index in [1.54, 1.807) is 42.5 Å². The number of hydrogen-bond donors (Lipinski definition) is 1. The minimum atomic E-state index is -0.986. The van der Waals surface area contributed by atoms with Crippen LogP contribution in [0.5, 0.6) is 17.2 Å². The van der Waals surface area contributed by atoms with Crippen LogP contribution in [0.25, 0.3) is 5.76 Å². The highest BCUT2D eigenvalue weighted by Crippen LogP contribution is 2.45. The third-order valence-electron chi connectivity index (χ3n) is 6.62. The lowest BCUT2D eigenvalue weighted by molar-refractivity contribution is -0.132. The Bertz CT molecular complexity index is 1620. The number of nitrogens with zero attached hydrogens (tertiary/aromatic N) is 3. The zero-order chi connectivity index (χ0) is 29.1. The number of hydrogen-bond acceptors (Lipinski definition) is 10. The average molecular weight is 590 g/mol. The van der Waals surface area contributed by atoms with Crippen LogP contribution in [0.15, 0.2) is 76.6 Å². The summed E-state index contributed by atoms with van der Waals surface area (Å²) in [7, 11) is 4.55. The average Bonchev–Trinajstić information content (AvgIpc) is 3.57. The standard InChI is InChI=1S/C30H27N3O6S2/c1-17-5-7-18(8-6-17)16-40-30-32-31-29(41-30)33-25(20-11-14-22(38-3)23(15-20)39-4)24(27(35)28(33)36)26(34)19-9-12-21(37-2)13-10-19/h5-15,25,34H,16H2,1-4H3/b26-24-. The molecule has 2 heterocycles. The summed E-state index contributed by atoms with van der Waals surface area (Å²) in [6.45, 7) is 2.03. The maximum Gasteiger partial charge on any atom is 0.301 e. The van der Waals surface area contributed by atoms with E-state index >= 15 is 0 Å². The van der Waals surface area contributed by atoms with Crippen molar-refractivity contribution in [2.24, 2.45) is 0 Å². The Balaban J connectivity index is 1.57. The van der Waals surface area contributed by atoms with E-state index in [-0.39, 0.29) is 16.5 Å². The summed E-state index contributed by atoms with van der Waals surface area (Å²) < 4.78 is 16.7. The van der Waals surface area contributed by atoms with Crippen molar-refractivity contribution in [3.8, 4) is 17.2 Å². The van der Waals surface area contributed by atoms with Gasteiger partial charge in [0.05, 0.1) is 32.9 Å². The number of rotatable bonds is 9. The Morgan fingerprint density at radius 3 is 2.29 bits per heavy atom. The van der Waals surface area contributed by atoms with E-state index in [2.05, 4.69) is 22.3 Å². The van der Waals surface area contributed by atoms with Crippen LogP contribution in [0, 0.1) is 6.92 Å². The summed E-state index contributed by atoms with van der Waals surface area (Å²) in [4.78, 5) is 28.3. The van der Waals surface area contributed by atoms with Gasteiger partial charge in [-0.2, -0.15) is 0 Å². The molecular formula is C30H27N3O6S2. The number of carbonyl (C=O) groups is 2. The van der Waals surface area contributed by atoms with Gasteiger partial charge in [0, 0.05) is 11.3 Å². The molecule has 0 saturated carbocycles. The Morgan fingerprint density at radius 2 is 1.63 bits per heavy atom. The van der Waals surface area contributed by atoms with Gasteiger partial charge in [0.25, 0.3) is 5.78 Å². The predicted molar refractivity (Wildman–Crippen MR) is 158 cm³/mol. The smallest absolute Gasteiger partial charge is 0.301 e. The zero-order valence-corrected chi connectivity index (χ0v) is 24.4. The summed E-state index contributed by atoms with van der Waals surface area (Å²) in [5.74, 6) is 0.188. The molecule has 1 aliphatic rings. The number of ketones is 1. The van der Waals surface area contributed by atoms with Gasteiger partial charge in [-0.15, -0.1) is 10.2 Å². The number of carbonyl (C=O) groups excluding carboxylic acids is 2. The largest absolute Gasteiger partial charge is 0.507 e. The SMILES string of the molecule is COc1ccc(/C(O)=C2/C(=O)C(=O)N(c3nnc(SCc4ccc(C)cc4)s3)C2c2ccc(OC)c(OC)c2)cc1. The van der Waals surface area contributed by atoms with Crippen molar-refractivity contribution >= 4 is 45.7 Å². The number of thioether (sulfide) groups is 1. The zero-order valence-electron chi connectivity index (χ0n) is 22.8. The number of Topliss-reactive ketones (excluding diaryl/α,β-unsaturated/α-hetero) is 1. The number of aliphatic hydroxyl groups is 1. The Morgan fingerprint density at radius 1 is 0.927 bits per heavy atom. The lowest BCUT2D eigenvalue weighted by Crippen LogP contribution is -2.29. The molecular weight excluding hydrogens is 562 g/mol. The van der Waals surface area contributed by atoms with Crippen molar-refractivity contribution in [1.29, 1.82) is 0 Å². The van der Waals surface area contributed by atoms with Crippen LogP contribution < -0.4 is 19.1 Å². The third kappa shape index (κ3) is 5.63. The topological polar surface area (TPSA) is 111 Å². The van der Waals surface area contributed by atoms with Crippen LogP contribution >= 0.6 is 23.1 Å². The molecule has 210 valence electrons. The first-order valence-corrected chi connectivity index (χ1v) is 14.3. The van der Waals surface area contributed by atoms with Gasteiger partial charge in [0.2, 0.25) is 5.13 Å². The molecule has 5 rings (SSSR count). The van der Waals surface area contributed by atoms with E-state index in [4.69, 9.17) is 14.2 Å². The number of aliphatic hydroxyl groups excluding tert-OH is 1. The fraction of sp³-hybridized carbons (Fsp3) is 0.200. The van der Waals surface area contributed by atoms with Crippen molar-refractivity contribution in [2.45, 2.75) is 23.1 Å². The molecule has 9 nitrogen and oxygen atoms in total. The Kier molecular flexibility index (Phi) is 8.27. The van der Waals surface area contributed by atoms with E-state index in [1.165, 1.54) is 54.9 Å². The maximum absolute atomic E-state index is 13.5. The molecule has 11 heteroatoms. The summed E-state index contributed by atoms with van der Waals surface area (Å²) in [6.07, 6.45) is 0. The number of benzene rings is 3. The van der Waals surface area contributed by atoms with Crippen molar-refractivity contribution in [2.75, 3.05) is 26.2 Å². The molecule has 1 aromatic heterocycles. The second-order valence-electron chi connectivity index (χ2n) is 9.14. The molecule has 1 fully saturated rings. The first-order chi connectivity index (χ1) is 19.8. The van der Waals surface area contributed by atoms with Crippen LogP contribution in [0.1, 0.15) is 28.3 Å². The molecule has 0 bridgehead atoms. The van der Waals surface area contributed by atoms with E-state index in [9.17, 15) is 14.7 Å². The predicted octanol–water partition coefficient (Wildman–Crippen LogP) is 5.79. The fourth-order valence-corrected chi connectivity index (χ4v) is 6.28. The second kappa shape index (κ2) is 12.0. The quantitative estimate of drug-likeness (QED) is 0.0852. The molecule has 1 saturated heterocycles. The van der Waals surface area contributed by atoms with E-state index < -0.39 is 17.7 Å². The highest BCUT2D eigenvalue weighted by molar-refractivity contribution is 8.00. The molecule has 41 heavy (non-hydrogen) atoms. The van der Waals surface area contributed by atoms with Crippen molar-refractivity contribution in [3.05, 3.63) is 94.6 Å². The van der Waals surface area contributed by atoms with Gasteiger partial charge in [0.1, 0.15) is 11.5 Å². The number of aryl methyl sites for hydroxylation is 1. The first kappa shape index (κ1) is 28.2. The number of ether oxygens (including phenoxy) is 3. The van der Waals surface area contributed by atoms with E-state index in [1.807, 2.05) is 19.1 Å². The lowest BCUT2D eigenvalue weighted by atomic mass is 9.95. The van der Waals surface area contributed by atoms with Gasteiger partial charge >= 0.3 is 5.91 Å².